The van der Waals surface area contributed by atoms with Gasteiger partial charge in [-0.1, -0.05) is 71.4 Å². The Bertz CT molecular complexity index is 1360. The second kappa shape index (κ2) is 19.1. The molecule has 12 heteroatoms. The normalized spacial score (nSPS) is 25.1. The van der Waals surface area contributed by atoms with Crippen molar-refractivity contribution in [1.29, 1.82) is 0 Å². The maximum Gasteiger partial charge on any atom is 0.245 e. The zero-order valence-corrected chi connectivity index (χ0v) is 32.5. The molecule has 4 rings (SSSR count). The molecule has 2 bridgehead atoms. The summed E-state index contributed by atoms with van der Waals surface area (Å²) in [6, 6.07) is 7.43. The fourth-order valence-electron chi connectivity index (χ4n) is 8.75. The number of likely N-dealkylation sites (tertiary alicyclic amines) is 1. The summed E-state index contributed by atoms with van der Waals surface area (Å²) >= 11 is 0. The molecular weight excluding hydrogens is 662 g/mol. The van der Waals surface area contributed by atoms with Crippen molar-refractivity contribution in [2.24, 2.45) is 23.7 Å². The van der Waals surface area contributed by atoms with Gasteiger partial charge in [0.2, 0.25) is 23.6 Å². The Kier molecular flexibility index (Phi) is 15.2. The standard InChI is InChI=1S/C40H63N5O7/c1-9-25(4)36(44(6)40(50)34(24(2)3)43-39(49)35-28-17-18-29(21-28)41-35)32(51-7)22-33(47)45-19-13-16-31(45)37(52-8)26(5)38(48)42-30(23-46)20-27-14-11-10-12-15-27/h10-12,14-15,23-26,28-32,34-37,41H,9,13,16-22H2,1-8H3,(H,42,48)(H,43,49)/t25-,26+,28?,29-,30-,31-,32+,34-,35-,36-,37+/m0/s1. The summed E-state index contributed by atoms with van der Waals surface area (Å²) in [4.78, 5) is 70.5. The van der Waals surface area contributed by atoms with Gasteiger partial charge in [0.15, 0.2) is 0 Å². The quantitative estimate of drug-likeness (QED) is 0.185. The molecule has 12 nitrogen and oxygen atoms in total. The minimum absolute atomic E-state index is 0.00563. The maximum absolute atomic E-state index is 14.2. The predicted molar refractivity (Wildman–Crippen MR) is 199 cm³/mol. The van der Waals surface area contributed by atoms with Crippen LogP contribution in [-0.2, 0) is 39.9 Å². The zero-order valence-electron chi connectivity index (χ0n) is 32.5. The number of nitrogens with zero attached hydrogens (tertiary/aromatic N) is 2. The molecule has 290 valence electrons. The van der Waals surface area contributed by atoms with E-state index in [1.165, 1.54) is 0 Å². The molecule has 0 radical (unpaired) electrons. The molecule has 3 fully saturated rings. The average molecular weight is 726 g/mol. The summed E-state index contributed by atoms with van der Waals surface area (Å²) in [5.41, 5.74) is 0.941. The lowest BCUT2D eigenvalue weighted by Crippen LogP contribution is -2.60. The summed E-state index contributed by atoms with van der Waals surface area (Å²) in [5.74, 6) is -1.25. The minimum atomic E-state index is -0.720. The number of carbonyl (C=O) groups is 5. The van der Waals surface area contributed by atoms with E-state index in [-0.39, 0.29) is 54.0 Å². The molecule has 2 aliphatic heterocycles. The Morgan fingerprint density at radius 2 is 1.73 bits per heavy atom. The molecule has 3 N–H and O–H groups in total. The van der Waals surface area contributed by atoms with Gasteiger partial charge in [-0.15, -0.1) is 0 Å². The van der Waals surface area contributed by atoms with Crippen molar-refractivity contribution in [3.05, 3.63) is 35.9 Å². The van der Waals surface area contributed by atoms with E-state index < -0.39 is 36.3 Å². The van der Waals surface area contributed by atoms with E-state index in [9.17, 15) is 24.0 Å². The van der Waals surface area contributed by atoms with Gasteiger partial charge >= 0.3 is 0 Å². The van der Waals surface area contributed by atoms with Crippen LogP contribution < -0.4 is 16.0 Å². The van der Waals surface area contributed by atoms with E-state index >= 15 is 0 Å². The van der Waals surface area contributed by atoms with Crippen molar-refractivity contribution in [3.8, 4) is 0 Å². The number of amides is 4. The molecule has 1 unspecified atom stereocenters. The van der Waals surface area contributed by atoms with Crippen LogP contribution in [0.25, 0.3) is 0 Å². The van der Waals surface area contributed by atoms with Crippen molar-refractivity contribution in [2.75, 3.05) is 27.8 Å². The number of ether oxygens (including phenoxy) is 2. The van der Waals surface area contributed by atoms with E-state index in [0.717, 1.165) is 44.0 Å². The van der Waals surface area contributed by atoms with Gasteiger partial charge < -0.3 is 40.0 Å². The number of nitrogens with one attached hydrogen (secondary N) is 3. The van der Waals surface area contributed by atoms with Crippen LogP contribution >= 0.6 is 0 Å². The predicted octanol–water partition coefficient (Wildman–Crippen LogP) is 3.11. The first kappa shape index (κ1) is 41.4. The molecule has 2 heterocycles. The van der Waals surface area contributed by atoms with Crippen molar-refractivity contribution in [3.63, 3.8) is 0 Å². The van der Waals surface area contributed by atoms with Crippen LogP contribution in [0.4, 0.5) is 0 Å². The number of fused-ring (bicyclic) bond motifs is 2. The lowest BCUT2D eigenvalue weighted by Gasteiger charge is -2.41. The van der Waals surface area contributed by atoms with Gasteiger partial charge in [-0.25, -0.2) is 0 Å². The van der Waals surface area contributed by atoms with Crippen LogP contribution in [0, 0.1) is 23.7 Å². The fourth-order valence-corrected chi connectivity index (χ4v) is 8.75. The van der Waals surface area contributed by atoms with Crippen molar-refractivity contribution in [1.82, 2.24) is 25.8 Å². The van der Waals surface area contributed by atoms with Crippen molar-refractivity contribution >= 4 is 29.9 Å². The Hall–Kier alpha value is -3.35. The monoisotopic (exact) mass is 725 g/mol. The van der Waals surface area contributed by atoms with Gasteiger partial charge in [-0.05, 0) is 61.8 Å². The smallest absolute Gasteiger partial charge is 0.245 e. The number of hydrogen-bond donors (Lipinski definition) is 3. The number of methoxy groups -OCH3 is 2. The number of benzene rings is 1. The highest BCUT2D eigenvalue weighted by atomic mass is 16.5. The molecule has 0 spiro atoms. The van der Waals surface area contributed by atoms with Gasteiger partial charge in [0.05, 0.1) is 48.7 Å². The molecule has 3 aliphatic rings. The molecule has 0 aromatic heterocycles. The van der Waals surface area contributed by atoms with E-state index in [1.807, 2.05) is 51.1 Å². The summed E-state index contributed by atoms with van der Waals surface area (Å²) in [6.45, 7) is 10.3. The zero-order chi connectivity index (χ0) is 38.1. The number of likely N-dealkylation sites (N-methyl/N-ethyl adjacent to an activating group) is 1. The number of aldehydes is 1. The molecule has 1 aromatic rings. The molecule has 1 aromatic carbocycles. The van der Waals surface area contributed by atoms with Crippen LogP contribution in [0.2, 0.25) is 0 Å². The van der Waals surface area contributed by atoms with Gasteiger partial charge in [0, 0.05) is 33.9 Å². The number of hydrogen-bond acceptors (Lipinski definition) is 8. The fraction of sp³-hybridized carbons (Fsp3) is 0.725. The second-order valence-corrected chi connectivity index (χ2v) is 15.7. The number of piperidine rings is 1. The van der Waals surface area contributed by atoms with Gasteiger partial charge in [-0.2, -0.15) is 0 Å². The van der Waals surface area contributed by atoms with Crippen LogP contribution in [-0.4, -0.2) is 116 Å². The highest BCUT2D eigenvalue weighted by Gasteiger charge is 2.45. The first-order chi connectivity index (χ1) is 24.8. The lowest BCUT2D eigenvalue weighted by molar-refractivity contribution is -0.147. The van der Waals surface area contributed by atoms with Gasteiger partial charge in [0.25, 0.3) is 0 Å². The summed E-state index contributed by atoms with van der Waals surface area (Å²) in [6.07, 6.45) is 5.26. The molecular formula is C40H63N5O7. The topological polar surface area (TPSA) is 146 Å². The molecule has 2 saturated heterocycles. The average Bonchev–Trinajstić information content (AvgIpc) is 3.92. The maximum atomic E-state index is 14.2. The molecule has 1 saturated carbocycles. The number of rotatable bonds is 19. The summed E-state index contributed by atoms with van der Waals surface area (Å²) < 4.78 is 11.9. The molecule has 1 aliphatic carbocycles. The van der Waals surface area contributed by atoms with E-state index in [4.69, 9.17) is 9.47 Å². The van der Waals surface area contributed by atoms with Crippen LogP contribution in [0.3, 0.4) is 0 Å². The van der Waals surface area contributed by atoms with E-state index in [2.05, 4.69) is 22.9 Å². The molecule has 4 amide bonds. The second-order valence-electron chi connectivity index (χ2n) is 15.7. The first-order valence-electron chi connectivity index (χ1n) is 19.3. The van der Waals surface area contributed by atoms with Gasteiger partial charge in [-0.3, -0.25) is 19.2 Å². The molecule has 11 atom stereocenters. The van der Waals surface area contributed by atoms with Gasteiger partial charge in [0.1, 0.15) is 12.3 Å². The van der Waals surface area contributed by atoms with Crippen LogP contribution in [0.5, 0.6) is 0 Å². The Labute approximate surface area is 310 Å². The van der Waals surface area contributed by atoms with Crippen LogP contribution in [0.15, 0.2) is 30.3 Å². The van der Waals surface area contributed by atoms with Crippen LogP contribution in [0.1, 0.15) is 85.1 Å². The Morgan fingerprint density at radius 3 is 2.29 bits per heavy atom. The third kappa shape index (κ3) is 9.79. The summed E-state index contributed by atoms with van der Waals surface area (Å²) in [7, 11) is 4.86. The van der Waals surface area contributed by atoms with Crippen molar-refractivity contribution < 1.29 is 33.4 Å². The summed E-state index contributed by atoms with van der Waals surface area (Å²) in [5, 5.41) is 9.38. The third-order valence-corrected chi connectivity index (χ3v) is 11.9. The lowest BCUT2D eigenvalue weighted by atomic mass is 9.89. The Balaban J connectivity index is 1.44. The highest BCUT2D eigenvalue weighted by molar-refractivity contribution is 5.90. The first-order valence-corrected chi connectivity index (χ1v) is 19.3. The Morgan fingerprint density at radius 1 is 1.02 bits per heavy atom. The molecule has 52 heavy (non-hydrogen) atoms. The number of carbonyl (C=O) groups excluding carboxylic acids is 5. The van der Waals surface area contributed by atoms with E-state index in [0.29, 0.717) is 31.3 Å². The van der Waals surface area contributed by atoms with E-state index in [1.54, 1.807) is 38.0 Å². The largest absolute Gasteiger partial charge is 0.379 e. The third-order valence-electron chi connectivity index (χ3n) is 11.9. The highest BCUT2D eigenvalue weighted by Crippen LogP contribution is 2.35. The SMILES string of the molecule is CC[C@H](C)[C@@H]([C@@H](CC(=O)N1CCC[C@H]1[C@H](OC)[C@@H](C)C(=O)N[C@H](C=O)Cc1ccccc1)OC)N(C)C(=O)[C@@H](NC(=O)[C@H]1N[C@H]2CCC1C2)C(C)C. The minimum Gasteiger partial charge on any atom is -0.379 e. The van der Waals surface area contributed by atoms with Crippen molar-refractivity contribution in [2.45, 2.75) is 134 Å².